The van der Waals surface area contributed by atoms with Crippen molar-refractivity contribution in [3.63, 3.8) is 0 Å². The maximum atomic E-state index is 11.4. The molecule has 6 heteroatoms. The maximum absolute atomic E-state index is 11.4. The van der Waals surface area contributed by atoms with Crippen molar-refractivity contribution in [2.45, 2.75) is 26.2 Å². The Bertz CT molecular complexity index is 681. The van der Waals surface area contributed by atoms with Gasteiger partial charge in [-0.3, -0.25) is 0 Å². The van der Waals surface area contributed by atoms with Gasteiger partial charge in [0, 0.05) is 0 Å². The second kappa shape index (κ2) is 6.32. The molecule has 0 spiro atoms. The number of carbonyl (C=O) groups is 1. The van der Waals surface area contributed by atoms with E-state index in [0.29, 0.717) is 17.6 Å². The van der Waals surface area contributed by atoms with Crippen molar-refractivity contribution < 1.29 is 30.9 Å². The summed E-state index contributed by atoms with van der Waals surface area (Å²) in [7, 11) is 1.75. The Morgan fingerprint density at radius 2 is 1.82 bits per heavy atom. The van der Waals surface area contributed by atoms with Gasteiger partial charge in [0.15, 0.2) is 0 Å². The predicted octanol–water partition coefficient (Wildman–Crippen LogP) is 1.91. The third kappa shape index (κ3) is 3.82. The van der Waals surface area contributed by atoms with Crippen LogP contribution in [0.2, 0.25) is 0 Å². The van der Waals surface area contributed by atoms with E-state index in [9.17, 15) is 4.79 Å². The van der Waals surface area contributed by atoms with E-state index in [2.05, 4.69) is 42.9 Å². The van der Waals surface area contributed by atoms with Gasteiger partial charge in [0.2, 0.25) is 0 Å². The number of hydrogen-bond donors (Lipinski definition) is 1. The van der Waals surface area contributed by atoms with Gasteiger partial charge in [-0.05, 0) is 0 Å². The first kappa shape index (κ1) is 16.9. The number of nitrogens with two attached hydrogens (primary N) is 1. The summed E-state index contributed by atoms with van der Waals surface area (Å²) in [6, 6.07) is 8.13. The van der Waals surface area contributed by atoms with Crippen molar-refractivity contribution in [3.05, 3.63) is 47.3 Å². The Labute approximate surface area is 147 Å². The van der Waals surface area contributed by atoms with Crippen molar-refractivity contribution in [3.8, 4) is 0 Å². The van der Waals surface area contributed by atoms with Gasteiger partial charge in [-0.15, -0.1) is 0 Å². The quantitative estimate of drug-likeness (QED) is 0.516. The number of carbonyl (C=O) groups excluding carboxylic acids is 1. The molecule has 2 N–H and O–H groups in total. The summed E-state index contributed by atoms with van der Waals surface area (Å²) in [5, 5.41) is 0. The van der Waals surface area contributed by atoms with E-state index >= 15 is 0 Å². The number of amidine groups is 1. The summed E-state index contributed by atoms with van der Waals surface area (Å²) < 4.78 is 0.114. The van der Waals surface area contributed by atoms with Crippen LogP contribution in [-0.4, -0.2) is 27.0 Å². The van der Waals surface area contributed by atoms with E-state index in [1.165, 1.54) is 11.6 Å². The van der Waals surface area contributed by atoms with Crippen LogP contribution in [0.1, 0.15) is 31.9 Å². The van der Waals surface area contributed by atoms with Crippen LogP contribution < -0.4 is 5.73 Å². The first-order valence-electron chi connectivity index (χ1n) is 7.03. The van der Waals surface area contributed by atoms with Crippen molar-refractivity contribution in [2.75, 3.05) is 7.05 Å². The van der Waals surface area contributed by atoms with Crippen LogP contribution in [0.25, 0.3) is 0 Å². The topological polar surface area (TPSA) is 71.0 Å². The molecule has 1 aromatic rings. The number of allylic oxidation sites excluding steroid dienone is 1. The number of hydrogen-bond acceptors (Lipinski definition) is 5. The minimum atomic E-state index is 0.0400. The Hall–Kier alpha value is -1.49. The molecule has 0 amide bonds. The van der Waals surface area contributed by atoms with Gasteiger partial charge < -0.3 is 0 Å². The number of benzene rings is 1. The van der Waals surface area contributed by atoms with Gasteiger partial charge in [-0.25, -0.2) is 0 Å². The SMILES string of the molecule is CN1C(N)=NC(c2ccc(C(C)(C)C)cc2)=N/C1=C/[C](=O)[Hg]. The van der Waals surface area contributed by atoms with Crippen LogP contribution >= 0.6 is 0 Å². The average Bonchev–Trinajstić information content (AvgIpc) is 2.42. The summed E-state index contributed by atoms with van der Waals surface area (Å²) in [6.07, 6.45) is 1.54. The average molecular weight is 484 g/mol. The van der Waals surface area contributed by atoms with Crippen LogP contribution in [-0.2, 0) is 36.3 Å². The fraction of sp³-hybridized carbons (Fsp3) is 0.312. The van der Waals surface area contributed by atoms with Crippen LogP contribution in [0.15, 0.2) is 46.1 Å². The van der Waals surface area contributed by atoms with Gasteiger partial charge in [0.25, 0.3) is 0 Å². The molecule has 0 saturated carbocycles. The van der Waals surface area contributed by atoms with Crippen molar-refractivity contribution in [1.29, 1.82) is 0 Å². The van der Waals surface area contributed by atoms with Crippen LogP contribution in [0.3, 0.4) is 0 Å². The standard InChI is InChI=1S/C16H19N4O.Hg/c1-16(2,3)12-7-5-11(6-8-12)14-18-13(9-10-21)20(4)15(17)19-14;/h5-9H,1-4H3,(H2,17,18,19);/b13-9-;. The Morgan fingerprint density at radius 1 is 1.23 bits per heavy atom. The van der Waals surface area contributed by atoms with Gasteiger partial charge in [0.05, 0.1) is 0 Å². The molecule has 1 aliphatic heterocycles. The predicted molar refractivity (Wildman–Crippen MR) is 84.2 cm³/mol. The third-order valence-electron chi connectivity index (χ3n) is 3.43. The normalized spacial score (nSPS) is 17.4. The van der Waals surface area contributed by atoms with E-state index in [1.807, 2.05) is 12.1 Å². The molecule has 0 atom stereocenters. The molecule has 0 bridgehead atoms. The molecule has 111 valence electrons. The molecule has 1 aliphatic rings. The number of nitrogens with zero attached hydrogens (tertiary/aromatic N) is 3. The molecule has 0 aromatic heterocycles. The Morgan fingerprint density at radius 3 is 2.32 bits per heavy atom. The summed E-state index contributed by atoms with van der Waals surface area (Å²) in [5.41, 5.74) is 8.16. The second-order valence-electron chi connectivity index (χ2n) is 6.26. The Kier molecular flexibility index (Phi) is 4.85. The molecule has 0 radical (unpaired) electrons. The van der Waals surface area contributed by atoms with E-state index in [-0.39, 0.29) is 34.8 Å². The van der Waals surface area contributed by atoms with Crippen molar-refractivity contribution in [1.82, 2.24) is 4.90 Å². The van der Waals surface area contributed by atoms with Crippen LogP contribution in [0.5, 0.6) is 0 Å². The van der Waals surface area contributed by atoms with Gasteiger partial charge >= 0.3 is 147 Å². The number of rotatable bonds is 2. The zero-order valence-corrected chi connectivity index (χ0v) is 18.9. The van der Waals surface area contributed by atoms with Crippen LogP contribution in [0.4, 0.5) is 0 Å². The monoisotopic (exact) mass is 485 g/mol. The van der Waals surface area contributed by atoms with Gasteiger partial charge in [-0.2, -0.15) is 0 Å². The van der Waals surface area contributed by atoms with Crippen molar-refractivity contribution in [2.24, 2.45) is 15.7 Å². The molecule has 1 aromatic carbocycles. The second-order valence-corrected chi connectivity index (χ2v) is 8.97. The molecule has 0 aliphatic carbocycles. The van der Waals surface area contributed by atoms with Crippen molar-refractivity contribution >= 4 is 15.1 Å². The fourth-order valence-corrected chi connectivity index (χ4v) is 2.74. The first-order valence-corrected chi connectivity index (χ1v) is 9.78. The summed E-state index contributed by atoms with van der Waals surface area (Å²) >= 11 is 0.0400. The fourth-order valence-electron chi connectivity index (χ4n) is 2.03. The molecule has 5 nitrogen and oxygen atoms in total. The Balaban J connectivity index is 2.41. The zero-order chi connectivity index (χ0) is 16.5. The molecular weight excluding hydrogens is 465 g/mol. The van der Waals surface area contributed by atoms with Gasteiger partial charge in [0.1, 0.15) is 0 Å². The molecule has 0 fully saturated rings. The minimum absolute atomic E-state index is 0.0400. The molecule has 1 heterocycles. The molecule has 22 heavy (non-hydrogen) atoms. The van der Waals surface area contributed by atoms with Crippen LogP contribution in [0, 0.1) is 0 Å². The van der Waals surface area contributed by atoms with Gasteiger partial charge in [-0.1, -0.05) is 0 Å². The van der Waals surface area contributed by atoms with E-state index < -0.39 is 0 Å². The number of aliphatic imine (C=N–C) groups is 2. The third-order valence-corrected chi connectivity index (χ3v) is 4.22. The molecular formula is C16H19HgN4O. The molecule has 0 saturated heterocycles. The molecule has 2 rings (SSSR count). The first-order chi connectivity index (χ1) is 10.2. The van der Waals surface area contributed by atoms with E-state index in [1.54, 1.807) is 11.9 Å². The number of guanidine groups is 1. The van der Waals surface area contributed by atoms with E-state index in [0.717, 1.165) is 5.56 Å². The summed E-state index contributed by atoms with van der Waals surface area (Å²) in [5.74, 6) is 1.42. The summed E-state index contributed by atoms with van der Waals surface area (Å²) in [4.78, 5) is 21.8. The molecule has 0 unspecified atom stereocenters. The summed E-state index contributed by atoms with van der Waals surface area (Å²) in [6.45, 7) is 6.51. The zero-order valence-electron chi connectivity index (χ0n) is 13.4. The van der Waals surface area contributed by atoms with E-state index in [4.69, 9.17) is 5.73 Å².